The fraction of sp³-hybridized carbons (Fsp3) is 0.778. The van der Waals surface area contributed by atoms with E-state index in [0.717, 1.165) is 16.4 Å². The van der Waals surface area contributed by atoms with Gasteiger partial charge in [0.05, 0.1) is 6.61 Å². The topological polar surface area (TPSA) is 70.1 Å². The molecule has 0 bridgehead atoms. The zero-order valence-electron chi connectivity index (χ0n) is 8.97. The summed E-state index contributed by atoms with van der Waals surface area (Å²) in [5.41, 5.74) is 0. The fourth-order valence-electron chi connectivity index (χ4n) is 1.72. The number of hydroxylamine groups is 2. The summed E-state index contributed by atoms with van der Waals surface area (Å²) in [6.07, 6.45) is 0.251. The van der Waals surface area contributed by atoms with Crippen molar-refractivity contribution in [2.24, 2.45) is 0 Å². The van der Waals surface area contributed by atoms with Gasteiger partial charge in [-0.2, -0.15) is 0 Å². The lowest BCUT2D eigenvalue weighted by Crippen LogP contribution is -2.46. The van der Waals surface area contributed by atoms with Gasteiger partial charge in [-0.3, -0.25) is 14.5 Å². The Bertz CT molecular complexity index is 256. The lowest BCUT2D eigenvalue weighted by molar-refractivity contribution is -0.180. The van der Waals surface area contributed by atoms with E-state index < -0.39 is 12.1 Å². The number of carbonyl (C=O) groups is 2. The van der Waals surface area contributed by atoms with E-state index in [9.17, 15) is 9.59 Å². The Morgan fingerprint density at radius 2 is 2.27 bits per heavy atom. The second kappa shape index (κ2) is 4.97. The molecular weight excluding hydrogens is 200 g/mol. The Morgan fingerprint density at radius 3 is 2.80 bits per heavy atom. The van der Waals surface area contributed by atoms with E-state index in [0.29, 0.717) is 19.6 Å². The number of nitrogens with zero attached hydrogens (tertiary/aromatic N) is 2. The van der Waals surface area contributed by atoms with Crippen LogP contribution in [0.2, 0.25) is 0 Å². The van der Waals surface area contributed by atoms with Crippen molar-refractivity contribution < 1.29 is 19.5 Å². The van der Waals surface area contributed by atoms with E-state index >= 15 is 0 Å². The van der Waals surface area contributed by atoms with Gasteiger partial charge >= 0.3 is 6.09 Å². The van der Waals surface area contributed by atoms with Crippen LogP contribution in [0.4, 0.5) is 4.79 Å². The first-order valence-electron chi connectivity index (χ1n) is 4.98. The van der Waals surface area contributed by atoms with E-state index in [2.05, 4.69) is 0 Å². The van der Waals surface area contributed by atoms with Crippen LogP contribution in [-0.2, 0) is 9.63 Å². The Labute approximate surface area is 88.4 Å². The Morgan fingerprint density at radius 1 is 1.60 bits per heavy atom. The molecule has 6 nitrogen and oxygen atoms in total. The van der Waals surface area contributed by atoms with E-state index in [-0.39, 0.29) is 5.91 Å². The minimum Gasteiger partial charge on any atom is -0.465 e. The zero-order chi connectivity index (χ0) is 11.4. The van der Waals surface area contributed by atoms with Gasteiger partial charge in [-0.25, -0.2) is 9.86 Å². The summed E-state index contributed by atoms with van der Waals surface area (Å²) in [5, 5.41) is 9.98. The molecule has 2 amide bonds. The second-order valence-electron chi connectivity index (χ2n) is 3.39. The number of hydrogen-bond donors (Lipinski definition) is 1. The van der Waals surface area contributed by atoms with Crippen LogP contribution in [0, 0.1) is 0 Å². The molecule has 1 N–H and O–H groups in total. The van der Waals surface area contributed by atoms with Crippen molar-refractivity contribution in [3.05, 3.63) is 0 Å². The molecule has 1 fully saturated rings. The SMILES string of the molecule is CCON(C)C(=O)[C@@H]1CCCN1C(=O)O. The van der Waals surface area contributed by atoms with Gasteiger partial charge in [0.25, 0.3) is 5.91 Å². The number of rotatable bonds is 3. The van der Waals surface area contributed by atoms with Crippen molar-refractivity contribution >= 4 is 12.0 Å². The molecule has 0 aromatic rings. The molecule has 1 rings (SSSR count). The molecule has 15 heavy (non-hydrogen) atoms. The maximum Gasteiger partial charge on any atom is 0.407 e. The largest absolute Gasteiger partial charge is 0.465 e. The summed E-state index contributed by atoms with van der Waals surface area (Å²) in [7, 11) is 1.50. The van der Waals surface area contributed by atoms with Crippen molar-refractivity contribution in [1.82, 2.24) is 9.96 Å². The van der Waals surface area contributed by atoms with Crippen molar-refractivity contribution in [3.63, 3.8) is 0 Å². The molecule has 1 atom stereocenters. The van der Waals surface area contributed by atoms with Crippen molar-refractivity contribution in [2.45, 2.75) is 25.8 Å². The quantitative estimate of drug-likeness (QED) is 0.699. The summed E-state index contributed by atoms with van der Waals surface area (Å²) in [4.78, 5) is 28.7. The van der Waals surface area contributed by atoms with Gasteiger partial charge in [0, 0.05) is 13.6 Å². The average Bonchev–Trinajstić information content (AvgIpc) is 2.65. The molecule has 0 saturated carbocycles. The van der Waals surface area contributed by atoms with E-state index in [1.54, 1.807) is 6.92 Å². The van der Waals surface area contributed by atoms with Crippen LogP contribution >= 0.6 is 0 Å². The molecule has 86 valence electrons. The molecule has 0 unspecified atom stereocenters. The van der Waals surface area contributed by atoms with Crippen molar-refractivity contribution in [2.75, 3.05) is 20.2 Å². The van der Waals surface area contributed by atoms with Crippen molar-refractivity contribution in [1.29, 1.82) is 0 Å². The highest BCUT2D eigenvalue weighted by atomic mass is 16.7. The maximum atomic E-state index is 11.7. The minimum atomic E-state index is -1.05. The summed E-state index contributed by atoms with van der Waals surface area (Å²) in [6.45, 7) is 2.58. The van der Waals surface area contributed by atoms with Crippen LogP contribution in [-0.4, -0.2) is 53.3 Å². The number of carbonyl (C=O) groups excluding carboxylic acids is 1. The van der Waals surface area contributed by atoms with E-state index in [1.165, 1.54) is 7.05 Å². The van der Waals surface area contributed by atoms with E-state index in [4.69, 9.17) is 9.94 Å². The third-order valence-electron chi connectivity index (χ3n) is 2.42. The highest BCUT2D eigenvalue weighted by molar-refractivity contribution is 5.84. The number of likely N-dealkylation sites (tertiary alicyclic amines) is 1. The molecule has 1 saturated heterocycles. The van der Waals surface area contributed by atoms with Crippen LogP contribution in [0.5, 0.6) is 0 Å². The summed E-state index contributed by atoms with van der Waals surface area (Å²) in [5.74, 6) is -0.295. The van der Waals surface area contributed by atoms with Crippen LogP contribution in [0.1, 0.15) is 19.8 Å². The van der Waals surface area contributed by atoms with Crippen molar-refractivity contribution in [3.8, 4) is 0 Å². The Kier molecular flexibility index (Phi) is 3.90. The molecule has 0 aliphatic carbocycles. The van der Waals surface area contributed by atoms with Crippen LogP contribution in [0.15, 0.2) is 0 Å². The number of amides is 2. The Balaban J connectivity index is 2.62. The summed E-state index contributed by atoms with van der Waals surface area (Å²) < 4.78 is 0. The molecule has 0 spiro atoms. The van der Waals surface area contributed by atoms with Crippen LogP contribution < -0.4 is 0 Å². The molecule has 1 aliphatic rings. The third kappa shape index (κ3) is 2.59. The van der Waals surface area contributed by atoms with Crippen LogP contribution in [0.25, 0.3) is 0 Å². The van der Waals surface area contributed by atoms with Gasteiger partial charge in [0.15, 0.2) is 0 Å². The monoisotopic (exact) mass is 216 g/mol. The first-order chi connectivity index (χ1) is 7.07. The van der Waals surface area contributed by atoms with Gasteiger partial charge in [-0.1, -0.05) is 0 Å². The predicted octanol–water partition coefficient (Wildman–Crippen LogP) is 0.539. The Hall–Kier alpha value is -1.30. The molecule has 1 aliphatic heterocycles. The maximum absolute atomic E-state index is 11.7. The number of likely N-dealkylation sites (N-methyl/N-ethyl adjacent to an activating group) is 1. The van der Waals surface area contributed by atoms with Gasteiger partial charge in [0.1, 0.15) is 6.04 Å². The molecule has 0 aromatic carbocycles. The smallest absolute Gasteiger partial charge is 0.407 e. The first kappa shape index (κ1) is 11.8. The first-order valence-corrected chi connectivity index (χ1v) is 4.98. The standard InChI is InChI=1S/C9H16N2O4/c1-3-15-10(2)8(12)7-5-4-6-11(7)9(13)14/h7H,3-6H2,1-2H3,(H,13,14)/t7-/m0/s1. The number of hydrogen-bond acceptors (Lipinski definition) is 3. The fourth-order valence-corrected chi connectivity index (χ4v) is 1.72. The molecule has 1 heterocycles. The lowest BCUT2D eigenvalue weighted by Gasteiger charge is -2.24. The minimum absolute atomic E-state index is 0.295. The predicted molar refractivity (Wildman–Crippen MR) is 52.1 cm³/mol. The summed E-state index contributed by atoms with van der Waals surface area (Å²) >= 11 is 0. The molecule has 0 radical (unpaired) electrons. The van der Waals surface area contributed by atoms with E-state index in [1.807, 2.05) is 0 Å². The van der Waals surface area contributed by atoms with Gasteiger partial charge in [-0.15, -0.1) is 0 Å². The summed E-state index contributed by atoms with van der Waals surface area (Å²) in [6, 6.07) is -0.584. The second-order valence-corrected chi connectivity index (χ2v) is 3.39. The van der Waals surface area contributed by atoms with Gasteiger partial charge < -0.3 is 5.11 Å². The molecular formula is C9H16N2O4. The highest BCUT2D eigenvalue weighted by Gasteiger charge is 2.35. The number of carboxylic acid groups (broad SMARTS) is 1. The van der Waals surface area contributed by atoms with Crippen LogP contribution in [0.3, 0.4) is 0 Å². The highest BCUT2D eigenvalue weighted by Crippen LogP contribution is 2.18. The third-order valence-corrected chi connectivity index (χ3v) is 2.42. The molecule has 6 heteroatoms. The van der Waals surface area contributed by atoms with Gasteiger partial charge in [0.2, 0.25) is 0 Å². The average molecular weight is 216 g/mol. The lowest BCUT2D eigenvalue weighted by atomic mass is 10.2. The molecule has 0 aromatic heterocycles. The van der Waals surface area contributed by atoms with Gasteiger partial charge in [-0.05, 0) is 19.8 Å². The zero-order valence-corrected chi connectivity index (χ0v) is 8.97. The normalized spacial score (nSPS) is 20.4.